The average Bonchev–Trinajstić information content (AvgIpc) is 2.68. The van der Waals surface area contributed by atoms with E-state index in [1.807, 2.05) is 11.1 Å². The predicted molar refractivity (Wildman–Crippen MR) is 131 cm³/mol. The van der Waals surface area contributed by atoms with E-state index in [2.05, 4.69) is 55.4 Å². The summed E-state index contributed by atoms with van der Waals surface area (Å²) in [4.78, 5) is 0. The van der Waals surface area contributed by atoms with Gasteiger partial charge in [0.2, 0.25) is 0 Å². The molecule has 1 nitrogen and oxygen atoms in total. The van der Waals surface area contributed by atoms with Crippen LogP contribution >= 0.6 is 0 Å². The maximum absolute atomic E-state index is 10.9. The topological polar surface area (TPSA) is 20.2 Å². The molecule has 0 bridgehead atoms. The summed E-state index contributed by atoms with van der Waals surface area (Å²) in [7, 11) is 0. The van der Waals surface area contributed by atoms with Crippen molar-refractivity contribution in [3.8, 4) is 0 Å². The molecule has 176 valence electrons. The summed E-state index contributed by atoms with van der Waals surface area (Å²) in [6.07, 6.45) is 14.5. The fourth-order valence-corrected chi connectivity index (χ4v) is 10.8. The highest BCUT2D eigenvalue weighted by atomic mass is 16.3. The molecule has 3 saturated carbocycles. The summed E-state index contributed by atoms with van der Waals surface area (Å²) >= 11 is 0. The van der Waals surface area contributed by atoms with E-state index in [4.69, 9.17) is 0 Å². The lowest BCUT2D eigenvalue weighted by molar-refractivity contribution is -0.179. The zero-order valence-electron chi connectivity index (χ0n) is 22.0. The number of rotatable bonds is 0. The minimum absolute atomic E-state index is 0.0473. The molecule has 1 unspecified atom stereocenters. The molecule has 1 N–H and O–H groups in total. The first-order valence-electron chi connectivity index (χ1n) is 13.7. The molecule has 0 saturated heterocycles. The van der Waals surface area contributed by atoms with Crippen LogP contribution in [0.25, 0.3) is 0 Å². The third-order valence-electron chi connectivity index (χ3n) is 13.5. The molecule has 1 heteroatoms. The van der Waals surface area contributed by atoms with Crippen molar-refractivity contribution in [2.24, 2.45) is 44.3 Å². The second-order valence-corrected chi connectivity index (χ2v) is 14.8. The highest BCUT2D eigenvalue weighted by Crippen LogP contribution is 2.76. The van der Waals surface area contributed by atoms with Crippen LogP contribution in [0.15, 0.2) is 11.1 Å². The number of aliphatic hydroxyl groups is 1. The van der Waals surface area contributed by atoms with Gasteiger partial charge in [-0.25, -0.2) is 0 Å². The third kappa shape index (κ3) is 2.54. The molecule has 5 aliphatic rings. The molecule has 5 rings (SSSR count). The Labute approximate surface area is 192 Å². The molecule has 0 amide bonds. The van der Waals surface area contributed by atoms with Crippen molar-refractivity contribution in [1.82, 2.24) is 0 Å². The Bertz CT molecular complexity index is 803. The van der Waals surface area contributed by atoms with Crippen LogP contribution < -0.4 is 0 Å². The number of aliphatic hydroxyl groups excluding tert-OH is 1. The molecule has 0 aliphatic heterocycles. The van der Waals surface area contributed by atoms with E-state index in [1.54, 1.807) is 0 Å². The molecule has 0 aromatic heterocycles. The Morgan fingerprint density at radius 2 is 1.35 bits per heavy atom. The molecule has 5 aliphatic carbocycles. The largest absolute Gasteiger partial charge is 0.393 e. The molecule has 0 radical (unpaired) electrons. The molecule has 7 atom stereocenters. The molecule has 3 fully saturated rings. The van der Waals surface area contributed by atoms with Crippen LogP contribution in [-0.2, 0) is 0 Å². The Morgan fingerprint density at radius 3 is 2.06 bits per heavy atom. The summed E-state index contributed by atoms with van der Waals surface area (Å²) in [6, 6.07) is 0. The van der Waals surface area contributed by atoms with E-state index in [1.165, 1.54) is 64.2 Å². The van der Waals surface area contributed by atoms with Crippen molar-refractivity contribution >= 4 is 0 Å². The lowest BCUT2D eigenvalue weighted by atomic mass is 9.34. The normalized spacial score (nSPS) is 53.1. The molecule has 31 heavy (non-hydrogen) atoms. The number of hydrogen-bond acceptors (Lipinski definition) is 1. The predicted octanol–water partition coefficient (Wildman–Crippen LogP) is 8.31. The van der Waals surface area contributed by atoms with Crippen LogP contribution in [-0.4, -0.2) is 11.2 Å². The maximum atomic E-state index is 10.9. The SMILES string of the molecule is CC1(C)C2CCC3=C(CC[C@@]4(C)[C@@H]5CCCC(C)(C)[C@@]5(C)CC[C@]34C)[C@@]2(C)CC[C@@H]1O. The minimum atomic E-state index is -0.128. The summed E-state index contributed by atoms with van der Waals surface area (Å²) in [6.45, 7) is 20.6. The standard InChI is InChI=1S/C30H50O/c1-25(2)15-9-10-23-29(25,7)19-18-28(6)21-11-12-22-26(3,4)24(31)14-16-27(22,5)20(21)13-17-30(23,28)8/h22-24,31H,9-19H2,1-8H3/t22?,23-,24+,27-,28-,29+,30+/m1/s1. The molecule has 0 aromatic rings. The average molecular weight is 427 g/mol. The summed E-state index contributed by atoms with van der Waals surface area (Å²) < 4.78 is 0. The third-order valence-corrected chi connectivity index (χ3v) is 13.5. The van der Waals surface area contributed by atoms with Gasteiger partial charge in [0.25, 0.3) is 0 Å². The van der Waals surface area contributed by atoms with Crippen molar-refractivity contribution in [3.05, 3.63) is 11.1 Å². The van der Waals surface area contributed by atoms with E-state index in [0.717, 1.165) is 12.3 Å². The molecule has 0 aromatic carbocycles. The van der Waals surface area contributed by atoms with E-state index >= 15 is 0 Å². The lowest BCUT2D eigenvalue weighted by Crippen LogP contribution is -2.62. The highest BCUT2D eigenvalue weighted by molar-refractivity contribution is 5.39. The Balaban J connectivity index is 1.60. The summed E-state index contributed by atoms with van der Waals surface area (Å²) in [5, 5.41) is 10.9. The van der Waals surface area contributed by atoms with Gasteiger partial charge in [0.05, 0.1) is 6.10 Å². The van der Waals surface area contributed by atoms with Crippen LogP contribution in [0.1, 0.15) is 126 Å². The van der Waals surface area contributed by atoms with E-state index in [-0.39, 0.29) is 11.5 Å². The molecular weight excluding hydrogens is 376 g/mol. The van der Waals surface area contributed by atoms with Gasteiger partial charge in [-0.2, -0.15) is 0 Å². The number of fused-ring (bicyclic) bond motifs is 6. The molecule has 0 heterocycles. The smallest absolute Gasteiger partial charge is 0.0594 e. The fraction of sp³-hybridized carbons (Fsp3) is 0.933. The van der Waals surface area contributed by atoms with E-state index in [0.29, 0.717) is 33.0 Å². The first-order valence-corrected chi connectivity index (χ1v) is 13.7. The van der Waals surface area contributed by atoms with Gasteiger partial charge in [-0.15, -0.1) is 0 Å². The summed E-state index contributed by atoms with van der Waals surface area (Å²) in [5.41, 5.74) is 5.92. The minimum Gasteiger partial charge on any atom is -0.393 e. The van der Waals surface area contributed by atoms with Crippen LogP contribution in [0.2, 0.25) is 0 Å². The summed E-state index contributed by atoms with van der Waals surface area (Å²) in [5.74, 6) is 1.50. The number of hydrogen-bond donors (Lipinski definition) is 1. The highest BCUT2D eigenvalue weighted by Gasteiger charge is 2.67. The van der Waals surface area contributed by atoms with Gasteiger partial charge in [0.1, 0.15) is 0 Å². The number of allylic oxidation sites excluding steroid dienone is 2. The lowest BCUT2D eigenvalue weighted by Gasteiger charge is -2.71. The first-order chi connectivity index (χ1) is 14.2. The van der Waals surface area contributed by atoms with Crippen LogP contribution in [0.4, 0.5) is 0 Å². The second-order valence-electron chi connectivity index (χ2n) is 14.8. The monoisotopic (exact) mass is 426 g/mol. The first kappa shape index (κ1) is 22.5. The van der Waals surface area contributed by atoms with Crippen LogP contribution in [0, 0.1) is 44.3 Å². The Kier molecular flexibility index (Phi) is 4.66. The fourth-order valence-electron chi connectivity index (χ4n) is 10.8. The van der Waals surface area contributed by atoms with Gasteiger partial charge >= 0.3 is 0 Å². The zero-order chi connectivity index (χ0) is 22.7. The Hall–Kier alpha value is -0.300. The van der Waals surface area contributed by atoms with Gasteiger partial charge < -0.3 is 5.11 Å². The van der Waals surface area contributed by atoms with Crippen LogP contribution in [0.5, 0.6) is 0 Å². The van der Waals surface area contributed by atoms with Gasteiger partial charge in [-0.1, -0.05) is 73.0 Å². The van der Waals surface area contributed by atoms with Crippen molar-refractivity contribution in [3.63, 3.8) is 0 Å². The van der Waals surface area contributed by atoms with Crippen molar-refractivity contribution < 1.29 is 5.11 Å². The molecule has 0 spiro atoms. The second kappa shape index (κ2) is 6.43. The maximum Gasteiger partial charge on any atom is 0.0594 e. The van der Waals surface area contributed by atoms with Crippen LogP contribution in [0.3, 0.4) is 0 Å². The quantitative estimate of drug-likeness (QED) is 0.386. The van der Waals surface area contributed by atoms with Crippen molar-refractivity contribution in [2.45, 2.75) is 132 Å². The van der Waals surface area contributed by atoms with E-state index < -0.39 is 0 Å². The molecular formula is C30H50O. The van der Waals surface area contributed by atoms with Gasteiger partial charge in [0.15, 0.2) is 0 Å². The zero-order valence-corrected chi connectivity index (χ0v) is 22.0. The van der Waals surface area contributed by atoms with Gasteiger partial charge in [0, 0.05) is 0 Å². The van der Waals surface area contributed by atoms with Gasteiger partial charge in [-0.3, -0.25) is 0 Å². The Morgan fingerprint density at radius 1 is 0.645 bits per heavy atom. The van der Waals surface area contributed by atoms with Gasteiger partial charge in [-0.05, 0) is 109 Å². The van der Waals surface area contributed by atoms with E-state index in [9.17, 15) is 5.11 Å². The van der Waals surface area contributed by atoms with Crippen molar-refractivity contribution in [1.29, 1.82) is 0 Å². The van der Waals surface area contributed by atoms with Crippen molar-refractivity contribution in [2.75, 3.05) is 0 Å².